The number of nitrogens with two attached hydrogens (primary N) is 2. The maximum Gasteiger partial charge on any atom is 0.250 e. The minimum Gasteiger partial charge on any atom is -0.399 e. The van der Waals surface area contributed by atoms with Gasteiger partial charge in [0, 0.05) is 11.4 Å². The highest BCUT2D eigenvalue weighted by atomic mass is 35.5. The number of benzene rings is 2. The Morgan fingerprint density at radius 1 is 1.17 bits per heavy atom. The summed E-state index contributed by atoms with van der Waals surface area (Å²) in [5.74, 6) is -0.581. The molecule has 0 atom stereocenters. The van der Waals surface area contributed by atoms with E-state index in [9.17, 15) is 4.79 Å². The summed E-state index contributed by atoms with van der Waals surface area (Å²) >= 11 is 6.08. The average molecular weight is 262 g/mol. The van der Waals surface area contributed by atoms with Crippen LogP contribution in [0.15, 0.2) is 42.5 Å². The van der Waals surface area contributed by atoms with Gasteiger partial charge in [0.1, 0.15) is 0 Å². The Morgan fingerprint density at radius 3 is 2.44 bits per heavy atom. The van der Waals surface area contributed by atoms with Crippen LogP contribution in [-0.4, -0.2) is 5.91 Å². The first-order valence-corrected chi connectivity index (χ1v) is 5.66. The van der Waals surface area contributed by atoms with Crippen molar-refractivity contribution in [1.82, 2.24) is 0 Å². The highest BCUT2D eigenvalue weighted by Gasteiger charge is 2.13. The Labute approximate surface area is 110 Å². The lowest BCUT2D eigenvalue weighted by molar-refractivity contribution is 0.100. The number of nitrogen functional groups attached to an aromatic ring is 1. The van der Waals surface area contributed by atoms with Gasteiger partial charge in [-0.3, -0.25) is 4.79 Å². The third-order valence-corrected chi connectivity index (χ3v) is 2.72. The molecular formula is C13H12ClN3O. The number of para-hydroxylation sites is 1. The van der Waals surface area contributed by atoms with Crippen LogP contribution in [0, 0.1) is 0 Å². The number of carbonyl (C=O) groups excluding carboxylic acids is 1. The van der Waals surface area contributed by atoms with Gasteiger partial charge in [0.2, 0.25) is 0 Å². The van der Waals surface area contributed by atoms with E-state index < -0.39 is 5.91 Å². The van der Waals surface area contributed by atoms with Crippen molar-refractivity contribution in [3.63, 3.8) is 0 Å². The van der Waals surface area contributed by atoms with Crippen molar-refractivity contribution in [3.05, 3.63) is 53.1 Å². The van der Waals surface area contributed by atoms with Gasteiger partial charge in [0.05, 0.1) is 16.3 Å². The molecule has 92 valence electrons. The lowest BCUT2D eigenvalue weighted by Gasteiger charge is -2.13. The van der Waals surface area contributed by atoms with Gasteiger partial charge in [-0.15, -0.1) is 0 Å². The van der Waals surface area contributed by atoms with Crippen LogP contribution in [0.5, 0.6) is 0 Å². The summed E-state index contributed by atoms with van der Waals surface area (Å²) in [4.78, 5) is 11.4. The van der Waals surface area contributed by atoms with Crippen LogP contribution in [0.4, 0.5) is 17.1 Å². The molecule has 0 aliphatic rings. The maximum atomic E-state index is 11.4. The number of rotatable bonds is 3. The number of amides is 1. The quantitative estimate of drug-likeness (QED) is 0.743. The summed E-state index contributed by atoms with van der Waals surface area (Å²) < 4.78 is 0. The molecule has 0 bridgehead atoms. The lowest BCUT2D eigenvalue weighted by Crippen LogP contribution is -2.14. The molecule has 0 unspecified atom stereocenters. The Bertz CT molecular complexity index is 584. The van der Waals surface area contributed by atoms with E-state index in [2.05, 4.69) is 5.32 Å². The van der Waals surface area contributed by atoms with Crippen molar-refractivity contribution >= 4 is 34.6 Å². The summed E-state index contributed by atoms with van der Waals surface area (Å²) in [7, 11) is 0. The molecular weight excluding hydrogens is 250 g/mol. The molecule has 0 radical (unpaired) electrons. The third-order valence-electron chi connectivity index (χ3n) is 2.42. The van der Waals surface area contributed by atoms with E-state index in [1.165, 1.54) is 6.07 Å². The molecule has 5 heteroatoms. The fraction of sp³-hybridized carbons (Fsp3) is 0. The number of hydrogen-bond donors (Lipinski definition) is 3. The number of hydrogen-bond acceptors (Lipinski definition) is 3. The van der Waals surface area contributed by atoms with Crippen LogP contribution in [-0.2, 0) is 0 Å². The van der Waals surface area contributed by atoms with Crippen molar-refractivity contribution < 1.29 is 4.79 Å². The molecule has 5 N–H and O–H groups in total. The van der Waals surface area contributed by atoms with Crippen molar-refractivity contribution in [2.24, 2.45) is 5.73 Å². The van der Waals surface area contributed by atoms with Gasteiger partial charge in [-0.05, 0) is 24.3 Å². The van der Waals surface area contributed by atoms with Crippen LogP contribution in [0.2, 0.25) is 5.02 Å². The molecule has 0 aromatic heterocycles. The summed E-state index contributed by atoms with van der Waals surface area (Å²) in [6.07, 6.45) is 0. The van der Waals surface area contributed by atoms with Crippen LogP contribution in [0.25, 0.3) is 0 Å². The molecule has 0 spiro atoms. The van der Waals surface area contributed by atoms with E-state index in [-0.39, 0.29) is 5.56 Å². The second-order valence-corrected chi connectivity index (χ2v) is 4.19. The molecule has 1 amide bonds. The maximum absolute atomic E-state index is 11.4. The fourth-order valence-electron chi connectivity index (χ4n) is 1.61. The van der Waals surface area contributed by atoms with Crippen LogP contribution >= 0.6 is 11.6 Å². The Balaban J connectivity index is 2.47. The van der Waals surface area contributed by atoms with E-state index >= 15 is 0 Å². The predicted molar refractivity (Wildman–Crippen MR) is 74.1 cm³/mol. The van der Waals surface area contributed by atoms with Crippen molar-refractivity contribution in [2.75, 3.05) is 11.1 Å². The van der Waals surface area contributed by atoms with Crippen LogP contribution in [0.1, 0.15) is 10.4 Å². The SMILES string of the molecule is NC(=O)c1cc(N)cc(Cl)c1Nc1ccccc1. The Morgan fingerprint density at radius 2 is 1.83 bits per heavy atom. The number of halogens is 1. The number of anilines is 3. The van der Waals surface area contributed by atoms with Gasteiger partial charge in [-0.25, -0.2) is 0 Å². The Kier molecular flexibility index (Phi) is 3.39. The van der Waals surface area contributed by atoms with E-state index in [0.29, 0.717) is 16.4 Å². The number of primary amides is 1. The van der Waals surface area contributed by atoms with Crippen molar-refractivity contribution in [2.45, 2.75) is 0 Å². The normalized spacial score (nSPS) is 10.1. The van der Waals surface area contributed by atoms with Crippen molar-refractivity contribution in [3.8, 4) is 0 Å². The van der Waals surface area contributed by atoms with E-state index in [0.717, 1.165) is 5.69 Å². The molecule has 0 fully saturated rings. The second kappa shape index (κ2) is 4.98. The molecule has 0 saturated heterocycles. The highest BCUT2D eigenvalue weighted by Crippen LogP contribution is 2.31. The van der Waals surface area contributed by atoms with Crippen LogP contribution < -0.4 is 16.8 Å². The number of nitrogens with one attached hydrogen (secondary N) is 1. The average Bonchev–Trinajstić information content (AvgIpc) is 2.33. The predicted octanol–water partition coefficient (Wildman–Crippen LogP) is 2.76. The number of carbonyl (C=O) groups is 1. The van der Waals surface area contributed by atoms with Gasteiger partial charge in [0.15, 0.2) is 0 Å². The minimum atomic E-state index is -0.581. The van der Waals surface area contributed by atoms with Crippen molar-refractivity contribution in [1.29, 1.82) is 0 Å². The highest BCUT2D eigenvalue weighted by molar-refractivity contribution is 6.34. The van der Waals surface area contributed by atoms with Gasteiger partial charge < -0.3 is 16.8 Å². The molecule has 2 aromatic rings. The van der Waals surface area contributed by atoms with Crippen LogP contribution in [0.3, 0.4) is 0 Å². The smallest absolute Gasteiger partial charge is 0.250 e. The van der Waals surface area contributed by atoms with Gasteiger partial charge in [0.25, 0.3) is 5.91 Å². The van der Waals surface area contributed by atoms with E-state index in [4.69, 9.17) is 23.1 Å². The first-order valence-electron chi connectivity index (χ1n) is 5.29. The van der Waals surface area contributed by atoms with Gasteiger partial charge in [-0.1, -0.05) is 29.8 Å². The molecule has 2 rings (SSSR count). The summed E-state index contributed by atoms with van der Waals surface area (Å²) in [5, 5.41) is 3.42. The standard InChI is InChI=1S/C13H12ClN3O/c14-11-7-8(15)6-10(13(16)18)12(11)17-9-4-2-1-3-5-9/h1-7,17H,15H2,(H2,16,18). The molecule has 0 aliphatic carbocycles. The minimum absolute atomic E-state index is 0.267. The molecule has 2 aromatic carbocycles. The van der Waals surface area contributed by atoms with E-state index in [1.807, 2.05) is 30.3 Å². The second-order valence-electron chi connectivity index (χ2n) is 3.78. The summed E-state index contributed by atoms with van der Waals surface area (Å²) in [6.45, 7) is 0. The topological polar surface area (TPSA) is 81.1 Å². The zero-order chi connectivity index (χ0) is 13.1. The summed E-state index contributed by atoms with van der Waals surface area (Å²) in [5.41, 5.74) is 12.9. The third kappa shape index (κ3) is 2.55. The first kappa shape index (κ1) is 12.3. The molecule has 18 heavy (non-hydrogen) atoms. The first-order chi connectivity index (χ1) is 8.58. The van der Waals surface area contributed by atoms with E-state index in [1.54, 1.807) is 6.07 Å². The van der Waals surface area contributed by atoms with Gasteiger partial charge in [-0.2, -0.15) is 0 Å². The zero-order valence-electron chi connectivity index (χ0n) is 9.48. The monoisotopic (exact) mass is 261 g/mol. The zero-order valence-corrected chi connectivity index (χ0v) is 10.2. The van der Waals surface area contributed by atoms with Gasteiger partial charge >= 0.3 is 0 Å². The molecule has 0 heterocycles. The summed E-state index contributed by atoms with van der Waals surface area (Å²) in [6, 6.07) is 12.4. The lowest BCUT2D eigenvalue weighted by atomic mass is 10.1. The Hall–Kier alpha value is -2.20. The fourth-order valence-corrected chi connectivity index (χ4v) is 1.89. The molecule has 0 saturated carbocycles. The largest absolute Gasteiger partial charge is 0.399 e. The molecule has 4 nitrogen and oxygen atoms in total. The molecule has 0 aliphatic heterocycles.